The van der Waals surface area contributed by atoms with Gasteiger partial charge in [0.15, 0.2) is 0 Å². The average Bonchev–Trinajstić information content (AvgIpc) is 2.35. The Morgan fingerprint density at radius 1 is 1.11 bits per heavy atom. The van der Waals surface area contributed by atoms with Crippen molar-refractivity contribution in [2.75, 3.05) is 23.7 Å². The Bertz CT molecular complexity index is 380. The van der Waals surface area contributed by atoms with Gasteiger partial charge in [-0.2, -0.15) is 0 Å². The Labute approximate surface area is 115 Å². The van der Waals surface area contributed by atoms with E-state index in [4.69, 9.17) is 0 Å². The first kappa shape index (κ1) is 15.7. The highest BCUT2D eigenvalue weighted by atomic mass is 16.3. The molecule has 1 aromatic rings. The van der Waals surface area contributed by atoms with Gasteiger partial charge in [0.1, 0.15) is 17.5 Å². The van der Waals surface area contributed by atoms with Crippen LogP contribution in [0.5, 0.6) is 0 Å². The van der Waals surface area contributed by atoms with Crippen LogP contribution >= 0.6 is 0 Å². The molecule has 5 nitrogen and oxygen atoms in total. The Morgan fingerprint density at radius 3 is 2.16 bits per heavy atom. The molecule has 0 aliphatic carbocycles. The molecule has 0 aliphatic heterocycles. The van der Waals surface area contributed by atoms with Gasteiger partial charge in [-0.1, -0.05) is 20.8 Å². The second-order valence-electron chi connectivity index (χ2n) is 5.14. The highest BCUT2D eigenvalue weighted by molar-refractivity contribution is 5.47. The minimum atomic E-state index is -0.295. The number of aliphatic hydroxyl groups is 1. The molecule has 1 heterocycles. The molecule has 108 valence electrons. The summed E-state index contributed by atoms with van der Waals surface area (Å²) in [4.78, 5) is 9.00. The van der Waals surface area contributed by atoms with Gasteiger partial charge < -0.3 is 15.7 Å². The van der Waals surface area contributed by atoms with Crippen molar-refractivity contribution in [3.8, 4) is 0 Å². The van der Waals surface area contributed by atoms with Crippen LogP contribution in [0.1, 0.15) is 52.3 Å². The fourth-order valence-electron chi connectivity index (χ4n) is 1.57. The molecule has 5 heteroatoms. The van der Waals surface area contributed by atoms with Crippen LogP contribution in [0, 0.1) is 0 Å². The van der Waals surface area contributed by atoms with Crippen molar-refractivity contribution in [1.29, 1.82) is 0 Å². The molecule has 1 rings (SSSR count). The van der Waals surface area contributed by atoms with Crippen molar-refractivity contribution >= 4 is 11.6 Å². The molecule has 0 fully saturated rings. The molecule has 0 radical (unpaired) electrons. The number of anilines is 2. The Balaban J connectivity index is 2.74. The summed E-state index contributed by atoms with van der Waals surface area (Å²) in [6.45, 7) is 9.69. The Hall–Kier alpha value is -1.36. The molecule has 0 spiro atoms. The summed E-state index contributed by atoms with van der Waals surface area (Å²) in [6.07, 6.45) is 1.47. The van der Waals surface area contributed by atoms with Gasteiger partial charge in [-0.15, -0.1) is 0 Å². The quantitative estimate of drug-likeness (QED) is 0.674. The van der Waals surface area contributed by atoms with E-state index < -0.39 is 0 Å². The lowest BCUT2D eigenvalue weighted by atomic mass is 10.2. The predicted molar refractivity (Wildman–Crippen MR) is 79.7 cm³/mol. The third-order valence-corrected chi connectivity index (χ3v) is 2.68. The first-order valence-electron chi connectivity index (χ1n) is 7.07. The van der Waals surface area contributed by atoms with Gasteiger partial charge in [0.05, 0.1) is 6.10 Å². The van der Waals surface area contributed by atoms with Crippen molar-refractivity contribution in [3.63, 3.8) is 0 Å². The van der Waals surface area contributed by atoms with Gasteiger partial charge in [0.25, 0.3) is 0 Å². The van der Waals surface area contributed by atoms with E-state index in [1.165, 1.54) is 0 Å². The summed E-state index contributed by atoms with van der Waals surface area (Å²) in [5, 5.41) is 15.8. The monoisotopic (exact) mass is 266 g/mol. The highest BCUT2D eigenvalue weighted by Gasteiger charge is 2.08. The maximum atomic E-state index is 9.26. The van der Waals surface area contributed by atoms with E-state index in [9.17, 15) is 5.11 Å². The standard InChI is InChI=1S/C14H26N4O/c1-5-7-15-12-9-13(16-8-6-11(4)19)18-14(17-12)10(2)3/h9-11,19H,5-8H2,1-4H3,(H2,15,16,17,18). The zero-order valence-electron chi connectivity index (χ0n) is 12.4. The molecule has 0 aromatic carbocycles. The molecular weight excluding hydrogens is 240 g/mol. The van der Waals surface area contributed by atoms with Gasteiger partial charge in [-0.25, -0.2) is 9.97 Å². The van der Waals surface area contributed by atoms with E-state index in [0.29, 0.717) is 18.9 Å². The van der Waals surface area contributed by atoms with E-state index in [1.54, 1.807) is 6.92 Å². The van der Waals surface area contributed by atoms with Gasteiger partial charge in [-0.05, 0) is 19.8 Å². The smallest absolute Gasteiger partial charge is 0.135 e. The number of aliphatic hydroxyl groups excluding tert-OH is 1. The summed E-state index contributed by atoms with van der Waals surface area (Å²) < 4.78 is 0. The van der Waals surface area contributed by atoms with E-state index in [-0.39, 0.29) is 6.10 Å². The van der Waals surface area contributed by atoms with E-state index >= 15 is 0 Å². The lowest BCUT2D eigenvalue weighted by Gasteiger charge is -2.13. The zero-order valence-corrected chi connectivity index (χ0v) is 12.4. The number of nitrogens with zero attached hydrogens (tertiary/aromatic N) is 2. The van der Waals surface area contributed by atoms with Crippen LogP contribution in [0.25, 0.3) is 0 Å². The van der Waals surface area contributed by atoms with Crippen LogP contribution in [-0.4, -0.2) is 34.3 Å². The molecule has 1 aromatic heterocycles. The summed E-state index contributed by atoms with van der Waals surface area (Å²) >= 11 is 0. The van der Waals surface area contributed by atoms with E-state index in [0.717, 1.165) is 30.4 Å². The summed E-state index contributed by atoms with van der Waals surface area (Å²) in [5.41, 5.74) is 0. The minimum Gasteiger partial charge on any atom is -0.393 e. The maximum Gasteiger partial charge on any atom is 0.135 e. The number of rotatable bonds is 8. The maximum absolute atomic E-state index is 9.26. The highest BCUT2D eigenvalue weighted by Crippen LogP contribution is 2.17. The van der Waals surface area contributed by atoms with E-state index in [2.05, 4.69) is 41.4 Å². The number of aromatic nitrogens is 2. The third-order valence-electron chi connectivity index (χ3n) is 2.68. The van der Waals surface area contributed by atoms with Gasteiger partial charge >= 0.3 is 0 Å². The Morgan fingerprint density at radius 2 is 1.68 bits per heavy atom. The zero-order chi connectivity index (χ0) is 14.3. The lowest BCUT2D eigenvalue weighted by molar-refractivity contribution is 0.188. The van der Waals surface area contributed by atoms with Gasteiger partial charge in [0, 0.05) is 25.1 Å². The molecule has 0 saturated heterocycles. The fraction of sp³-hybridized carbons (Fsp3) is 0.714. The van der Waals surface area contributed by atoms with Crippen LogP contribution in [-0.2, 0) is 0 Å². The largest absolute Gasteiger partial charge is 0.393 e. The molecule has 0 bridgehead atoms. The topological polar surface area (TPSA) is 70.1 Å². The summed E-state index contributed by atoms with van der Waals surface area (Å²) in [5.74, 6) is 2.80. The van der Waals surface area contributed by atoms with Crippen LogP contribution in [0.15, 0.2) is 6.07 Å². The molecule has 3 N–H and O–H groups in total. The molecule has 0 amide bonds. The van der Waals surface area contributed by atoms with Crippen molar-refractivity contribution < 1.29 is 5.11 Å². The van der Waals surface area contributed by atoms with Crippen LogP contribution in [0.3, 0.4) is 0 Å². The SMILES string of the molecule is CCCNc1cc(NCCC(C)O)nc(C(C)C)n1. The van der Waals surface area contributed by atoms with Crippen LogP contribution in [0.2, 0.25) is 0 Å². The first-order chi connectivity index (χ1) is 9.02. The normalized spacial score (nSPS) is 12.5. The minimum absolute atomic E-state index is 0.292. The molecule has 19 heavy (non-hydrogen) atoms. The molecule has 1 atom stereocenters. The first-order valence-corrected chi connectivity index (χ1v) is 7.07. The number of hydrogen-bond acceptors (Lipinski definition) is 5. The lowest BCUT2D eigenvalue weighted by Crippen LogP contribution is -2.13. The van der Waals surface area contributed by atoms with Crippen LogP contribution < -0.4 is 10.6 Å². The summed E-state index contributed by atoms with van der Waals surface area (Å²) in [6, 6.07) is 1.92. The molecule has 1 unspecified atom stereocenters. The van der Waals surface area contributed by atoms with E-state index in [1.807, 2.05) is 6.07 Å². The van der Waals surface area contributed by atoms with Crippen LogP contribution in [0.4, 0.5) is 11.6 Å². The summed E-state index contributed by atoms with van der Waals surface area (Å²) in [7, 11) is 0. The molecule has 0 aliphatic rings. The van der Waals surface area contributed by atoms with Crippen molar-refractivity contribution in [2.45, 2.75) is 52.6 Å². The number of nitrogens with one attached hydrogen (secondary N) is 2. The third kappa shape index (κ3) is 5.87. The van der Waals surface area contributed by atoms with Crippen molar-refractivity contribution in [2.24, 2.45) is 0 Å². The van der Waals surface area contributed by atoms with Crippen molar-refractivity contribution in [3.05, 3.63) is 11.9 Å². The second-order valence-corrected chi connectivity index (χ2v) is 5.14. The molecule has 0 saturated carbocycles. The fourth-order valence-corrected chi connectivity index (χ4v) is 1.57. The van der Waals surface area contributed by atoms with Gasteiger partial charge in [0.2, 0.25) is 0 Å². The predicted octanol–water partition coefficient (Wildman–Crippen LogP) is 2.60. The second kappa shape index (κ2) is 7.94. The molecular formula is C14H26N4O. The number of hydrogen-bond donors (Lipinski definition) is 3. The van der Waals surface area contributed by atoms with Gasteiger partial charge in [-0.3, -0.25) is 0 Å². The average molecular weight is 266 g/mol. The Kier molecular flexibility index (Phi) is 6.56. The van der Waals surface area contributed by atoms with Crippen molar-refractivity contribution in [1.82, 2.24) is 9.97 Å².